The third-order valence-electron chi connectivity index (χ3n) is 3.42. The van der Waals surface area contributed by atoms with E-state index in [0.717, 1.165) is 30.5 Å². The molecule has 1 aliphatic rings. The molecule has 2 N–H and O–H groups in total. The molecule has 1 aliphatic heterocycles. The lowest BCUT2D eigenvalue weighted by Crippen LogP contribution is -2.33. The van der Waals surface area contributed by atoms with E-state index in [4.69, 9.17) is 11.6 Å². The van der Waals surface area contributed by atoms with E-state index in [0.29, 0.717) is 16.5 Å². The standard InChI is InChI=1S/C14H18BrClN2O.ClH/c15-12-8-11(3-4-13(12)16)14(19)18-7-5-10-2-1-6-17-9-10;/h3-4,8,10,17H,1-2,5-7,9H2,(H,18,19);1H. The van der Waals surface area contributed by atoms with Crippen LogP contribution in [-0.4, -0.2) is 25.5 Å². The fourth-order valence-electron chi connectivity index (χ4n) is 2.30. The third kappa shape index (κ3) is 5.24. The van der Waals surface area contributed by atoms with Crippen molar-refractivity contribution in [2.45, 2.75) is 19.3 Å². The average Bonchev–Trinajstić information content (AvgIpc) is 2.43. The Morgan fingerprint density at radius 2 is 2.30 bits per heavy atom. The van der Waals surface area contributed by atoms with Crippen LogP contribution in [-0.2, 0) is 0 Å². The summed E-state index contributed by atoms with van der Waals surface area (Å²) in [6, 6.07) is 5.22. The van der Waals surface area contributed by atoms with Gasteiger partial charge in [-0.2, -0.15) is 0 Å². The van der Waals surface area contributed by atoms with Gasteiger partial charge in [-0.1, -0.05) is 11.6 Å². The van der Waals surface area contributed by atoms with Gasteiger partial charge in [0, 0.05) is 16.6 Å². The highest BCUT2D eigenvalue weighted by atomic mass is 79.9. The zero-order valence-electron chi connectivity index (χ0n) is 11.1. The molecule has 1 unspecified atom stereocenters. The number of rotatable bonds is 4. The Labute approximate surface area is 139 Å². The number of carbonyl (C=O) groups excluding carboxylic acids is 1. The molecule has 0 spiro atoms. The number of benzene rings is 1. The van der Waals surface area contributed by atoms with Gasteiger partial charge in [-0.25, -0.2) is 0 Å². The molecule has 1 saturated heterocycles. The van der Waals surface area contributed by atoms with Crippen molar-refractivity contribution in [2.75, 3.05) is 19.6 Å². The number of piperidine rings is 1. The molecule has 112 valence electrons. The molecular formula is C14H19BrCl2N2O. The second-order valence-corrected chi connectivity index (χ2v) is 6.15. The molecule has 1 atom stereocenters. The van der Waals surface area contributed by atoms with Gasteiger partial charge in [-0.3, -0.25) is 4.79 Å². The maximum absolute atomic E-state index is 12.0. The fourth-order valence-corrected chi connectivity index (χ4v) is 2.80. The minimum Gasteiger partial charge on any atom is -0.352 e. The van der Waals surface area contributed by atoms with Crippen LogP contribution in [0.3, 0.4) is 0 Å². The van der Waals surface area contributed by atoms with Gasteiger partial charge in [0.2, 0.25) is 0 Å². The van der Waals surface area contributed by atoms with Gasteiger partial charge < -0.3 is 10.6 Å². The lowest BCUT2D eigenvalue weighted by atomic mass is 9.96. The van der Waals surface area contributed by atoms with E-state index in [1.165, 1.54) is 12.8 Å². The molecule has 1 fully saturated rings. The van der Waals surface area contributed by atoms with E-state index in [1.807, 2.05) is 0 Å². The number of carbonyl (C=O) groups is 1. The van der Waals surface area contributed by atoms with Crippen LogP contribution in [0.4, 0.5) is 0 Å². The Kier molecular flexibility index (Phi) is 7.88. The van der Waals surface area contributed by atoms with Crippen molar-refractivity contribution in [1.82, 2.24) is 10.6 Å². The lowest BCUT2D eigenvalue weighted by Gasteiger charge is -2.22. The second-order valence-electron chi connectivity index (χ2n) is 4.89. The van der Waals surface area contributed by atoms with Crippen molar-refractivity contribution in [3.8, 4) is 0 Å². The molecule has 3 nitrogen and oxygen atoms in total. The topological polar surface area (TPSA) is 41.1 Å². The van der Waals surface area contributed by atoms with Crippen LogP contribution in [0.1, 0.15) is 29.6 Å². The molecule has 1 aromatic rings. The predicted molar refractivity (Wildman–Crippen MR) is 88.9 cm³/mol. The van der Waals surface area contributed by atoms with Crippen molar-refractivity contribution in [3.05, 3.63) is 33.3 Å². The molecular weight excluding hydrogens is 363 g/mol. The maximum atomic E-state index is 12.0. The first kappa shape index (κ1) is 17.8. The Hall–Kier alpha value is -0.290. The van der Waals surface area contributed by atoms with Crippen molar-refractivity contribution in [2.24, 2.45) is 5.92 Å². The summed E-state index contributed by atoms with van der Waals surface area (Å²) in [5.74, 6) is 0.645. The van der Waals surface area contributed by atoms with E-state index in [-0.39, 0.29) is 18.3 Å². The van der Waals surface area contributed by atoms with Crippen LogP contribution in [0.25, 0.3) is 0 Å². The molecule has 0 saturated carbocycles. The van der Waals surface area contributed by atoms with Crippen molar-refractivity contribution >= 4 is 45.8 Å². The first-order chi connectivity index (χ1) is 9.16. The molecule has 0 bridgehead atoms. The first-order valence-electron chi connectivity index (χ1n) is 6.61. The van der Waals surface area contributed by atoms with Gasteiger partial charge in [0.15, 0.2) is 0 Å². The van der Waals surface area contributed by atoms with E-state index < -0.39 is 0 Å². The highest BCUT2D eigenvalue weighted by Crippen LogP contribution is 2.23. The van der Waals surface area contributed by atoms with Crippen LogP contribution in [0.15, 0.2) is 22.7 Å². The Balaban J connectivity index is 0.00000200. The van der Waals surface area contributed by atoms with E-state index in [2.05, 4.69) is 26.6 Å². The summed E-state index contributed by atoms with van der Waals surface area (Å²) in [5, 5.41) is 6.96. The average molecular weight is 382 g/mol. The molecule has 6 heteroatoms. The molecule has 1 amide bonds. The number of nitrogens with one attached hydrogen (secondary N) is 2. The predicted octanol–water partition coefficient (Wildman–Crippen LogP) is 3.64. The van der Waals surface area contributed by atoms with Crippen molar-refractivity contribution in [3.63, 3.8) is 0 Å². The minimum atomic E-state index is -0.0406. The Morgan fingerprint density at radius 3 is 2.95 bits per heavy atom. The van der Waals surface area contributed by atoms with Gasteiger partial charge >= 0.3 is 0 Å². The van der Waals surface area contributed by atoms with Crippen LogP contribution >= 0.6 is 39.9 Å². The van der Waals surface area contributed by atoms with Gasteiger partial charge in [-0.05, 0) is 72.4 Å². The third-order valence-corrected chi connectivity index (χ3v) is 4.63. The summed E-state index contributed by atoms with van der Waals surface area (Å²) < 4.78 is 0.748. The van der Waals surface area contributed by atoms with Gasteiger partial charge in [-0.15, -0.1) is 12.4 Å². The largest absolute Gasteiger partial charge is 0.352 e. The zero-order valence-corrected chi connectivity index (χ0v) is 14.3. The quantitative estimate of drug-likeness (QED) is 0.835. The number of amides is 1. The molecule has 1 heterocycles. The summed E-state index contributed by atoms with van der Waals surface area (Å²) in [6.45, 7) is 2.93. The number of hydrogen-bond donors (Lipinski definition) is 2. The monoisotopic (exact) mass is 380 g/mol. The maximum Gasteiger partial charge on any atom is 0.251 e. The summed E-state index contributed by atoms with van der Waals surface area (Å²) in [7, 11) is 0. The van der Waals surface area contributed by atoms with Crippen molar-refractivity contribution < 1.29 is 4.79 Å². The zero-order chi connectivity index (χ0) is 13.7. The van der Waals surface area contributed by atoms with Crippen LogP contribution in [0.2, 0.25) is 5.02 Å². The summed E-state index contributed by atoms with van der Waals surface area (Å²) in [5.41, 5.74) is 0.637. The fraction of sp³-hybridized carbons (Fsp3) is 0.500. The van der Waals surface area contributed by atoms with E-state index >= 15 is 0 Å². The van der Waals surface area contributed by atoms with E-state index in [9.17, 15) is 4.79 Å². The molecule has 2 rings (SSSR count). The van der Waals surface area contributed by atoms with Crippen LogP contribution in [0.5, 0.6) is 0 Å². The Morgan fingerprint density at radius 1 is 1.50 bits per heavy atom. The second kappa shape index (κ2) is 8.88. The molecule has 20 heavy (non-hydrogen) atoms. The highest BCUT2D eigenvalue weighted by Gasteiger charge is 2.13. The summed E-state index contributed by atoms with van der Waals surface area (Å²) in [4.78, 5) is 12.0. The summed E-state index contributed by atoms with van der Waals surface area (Å²) in [6.07, 6.45) is 3.53. The van der Waals surface area contributed by atoms with Gasteiger partial charge in [0.1, 0.15) is 0 Å². The molecule has 1 aromatic carbocycles. The van der Waals surface area contributed by atoms with Crippen LogP contribution in [0, 0.1) is 5.92 Å². The molecule has 0 radical (unpaired) electrons. The SMILES string of the molecule is Cl.O=C(NCCC1CCCNC1)c1ccc(Cl)c(Br)c1. The minimum absolute atomic E-state index is 0. The first-order valence-corrected chi connectivity index (χ1v) is 7.78. The summed E-state index contributed by atoms with van der Waals surface area (Å²) >= 11 is 9.23. The molecule has 0 aliphatic carbocycles. The number of halogens is 3. The lowest BCUT2D eigenvalue weighted by molar-refractivity contribution is 0.0950. The molecule has 0 aromatic heterocycles. The number of hydrogen-bond acceptors (Lipinski definition) is 2. The van der Waals surface area contributed by atoms with Gasteiger partial charge in [0.25, 0.3) is 5.91 Å². The van der Waals surface area contributed by atoms with Crippen LogP contribution < -0.4 is 10.6 Å². The van der Waals surface area contributed by atoms with Gasteiger partial charge in [0.05, 0.1) is 5.02 Å². The van der Waals surface area contributed by atoms with E-state index in [1.54, 1.807) is 18.2 Å². The highest BCUT2D eigenvalue weighted by molar-refractivity contribution is 9.10. The normalized spacial score (nSPS) is 18.2. The van der Waals surface area contributed by atoms with Crippen molar-refractivity contribution in [1.29, 1.82) is 0 Å². The Bertz CT molecular complexity index is 451. The smallest absolute Gasteiger partial charge is 0.251 e.